The molecule has 0 unspecified atom stereocenters. The quantitative estimate of drug-likeness (QED) is 0.342. The molecule has 2 saturated heterocycles. The molecule has 2 fully saturated rings. The Balaban J connectivity index is 1.13. The maximum atomic E-state index is 12.3. The summed E-state index contributed by atoms with van der Waals surface area (Å²) in [5.74, 6) is 1.86. The van der Waals surface area contributed by atoms with E-state index in [1.165, 1.54) is 0 Å². The summed E-state index contributed by atoms with van der Waals surface area (Å²) in [6, 6.07) is 11.9. The van der Waals surface area contributed by atoms with E-state index in [0.717, 1.165) is 68.6 Å². The maximum absolute atomic E-state index is 12.3. The van der Waals surface area contributed by atoms with Gasteiger partial charge in [-0.2, -0.15) is 10.4 Å². The van der Waals surface area contributed by atoms with E-state index in [0.29, 0.717) is 36.3 Å². The topological polar surface area (TPSA) is 115 Å². The molecule has 1 aromatic carbocycles. The number of aryl methyl sites for hydroxylation is 1. The van der Waals surface area contributed by atoms with E-state index in [1.807, 2.05) is 66.9 Å². The van der Waals surface area contributed by atoms with Crippen LogP contribution in [-0.2, 0) is 16.0 Å². The number of nitriles is 1. The third kappa shape index (κ3) is 8.01. The number of piperidine rings is 1. The van der Waals surface area contributed by atoms with Crippen LogP contribution in [0.25, 0.3) is 11.1 Å². The summed E-state index contributed by atoms with van der Waals surface area (Å²) in [7, 11) is 0. The molecule has 1 amide bonds. The predicted molar refractivity (Wildman–Crippen MR) is 160 cm³/mol. The van der Waals surface area contributed by atoms with Gasteiger partial charge in [0.25, 0.3) is 0 Å². The standard InChI is InChI=1S/C32H40N6O4/c1-32(2,3)42-31(39)37-13-7-23(8-14-37)9-15-38-22-27(21-35-38)36-30-19-25(6-12-34-30)24-4-5-29(26(18-24)20-33)41-28-10-16-40-17-11-28/h4-6,12,18-19,21-23,28H,7-11,13-17H2,1-3H3,(H,34,36). The SMILES string of the molecule is CC(C)(C)OC(=O)N1CCC(CCn2cc(Nc3cc(-c4ccc(OC5CCOCC5)c(C#N)c4)ccn3)cn2)CC1. The Morgan fingerprint density at radius 2 is 1.88 bits per heavy atom. The van der Waals surface area contributed by atoms with Crippen molar-refractivity contribution in [3.63, 3.8) is 0 Å². The molecule has 0 bridgehead atoms. The number of hydrogen-bond donors (Lipinski definition) is 1. The van der Waals surface area contributed by atoms with E-state index in [-0.39, 0.29) is 12.2 Å². The van der Waals surface area contributed by atoms with E-state index in [9.17, 15) is 10.1 Å². The van der Waals surface area contributed by atoms with Gasteiger partial charge >= 0.3 is 6.09 Å². The minimum Gasteiger partial charge on any atom is -0.489 e. The van der Waals surface area contributed by atoms with Crippen molar-refractivity contribution in [2.45, 2.75) is 71.1 Å². The van der Waals surface area contributed by atoms with Gasteiger partial charge in [-0.1, -0.05) is 6.07 Å². The summed E-state index contributed by atoms with van der Waals surface area (Å²) in [5, 5.41) is 17.6. The van der Waals surface area contributed by atoms with Crippen LogP contribution in [-0.4, -0.2) is 63.8 Å². The molecule has 0 spiro atoms. The van der Waals surface area contributed by atoms with Gasteiger partial charge in [0, 0.05) is 44.9 Å². The highest BCUT2D eigenvalue weighted by Crippen LogP contribution is 2.30. The molecule has 4 heterocycles. The summed E-state index contributed by atoms with van der Waals surface area (Å²) in [6.07, 6.45) is 10.0. The summed E-state index contributed by atoms with van der Waals surface area (Å²) >= 11 is 0. The highest BCUT2D eigenvalue weighted by atomic mass is 16.6. The van der Waals surface area contributed by atoms with Gasteiger partial charge in [-0.25, -0.2) is 9.78 Å². The molecule has 3 aromatic rings. The molecule has 0 saturated carbocycles. The maximum Gasteiger partial charge on any atom is 0.410 e. The van der Waals surface area contributed by atoms with Crippen LogP contribution in [0.5, 0.6) is 5.75 Å². The average Bonchev–Trinajstić information content (AvgIpc) is 3.43. The van der Waals surface area contributed by atoms with Crippen molar-refractivity contribution in [3.05, 3.63) is 54.5 Å². The summed E-state index contributed by atoms with van der Waals surface area (Å²) < 4.78 is 19.0. The first-order valence-corrected chi connectivity index (χ1v) is 14.8. The summed E-state index contributed by atoms with van der Waals surface area (Å²) in [6.45, 7) is 9.33. The molecule has 2 aliphatic rings. The van der Waals surface area contributed by atoms with E-state index in [4.69, 9.17) is 14.2 Å². The van der Waals surface area contributed by atoms with Crippen LogP contribution >= 0.6 is 0 Å². The molecule has 222 valence electrons. The van der Waals surface area contributed by atoms with Gasteiger partial charge in [-0.15, -0.1) is 0 Å². The van der Waals surface area contributed by atoms with Gasteiger partial charge in [-0.3, -0.25) is 4.68 Å². The molecule has 0 aliphatic carbocycles. The van der Waals surface area contributed by atoms with E-state index >= 15 is 0 Å². The fourth-order valence-corrected chi connectivity index (χ4v) is 5.30. The molecular formula is C32H40N6O4. The molecular weight excluding hydrogens is 532 g/mol. The number of anilines is 2. The molecule has 1 N–H and O–H groups in total. The minimum absolute atomic E-state index is 0.0755. The zero-order valence-corrected chi connectivity index (χ0v) is 24.7. The number of nitrogens with zero attached hydrogens (tertiary/aromatic N) is 5. The molecule has 0 radical (unpaired) electrons. The monoisotopic (exact) mass is 572 g/mol. The molecule has 0 atom stereocenters. The number of aromatic nitrogens is 3. The van der Waals surface area contributed by atoms with Crippen molar-refractivity contribution in [3.8, 4) is 22.9 Å². The van der Waals surface area contributed by atoms with Crippen LogP contribution in [0, 0.1) is 17.2 Å². The number of likely N-dealkylation sites (tertiary alicyclic amines) is 1. The Morgan fingerprint density at radius 1 is 1.12 bits per heavy atom. The van der Waals surface area contributed by atoms with E-state index < -0.39 is 5.60 Å². The van der Waals surface area contributed by atoms with Crippen molar-refractivity contribution in [2.24, 2.45) is 5.92 Å². The molecule has 2 aliphatic heterocycles. The van der Waals surface area contributed by atoms with Crippen LogP contribution in [0.4, 0.5) is 16.3 Å². The average molecular weight is 573 g/mol. The first kappa shape index (κ1) is 29.4. The summed E-state index contributed by atoms with van der Waals surface area (Å²) in [5.41, 5.74) is 2.78. The second-order valence-corrected chi connectivity index (χ2v) is 12.0. The number of hydrogen-bond acceptors (Lipinski definition) is 8. The number of carbonyl (C=O) groups is 1. The lowest BCUT2D eigenvalue weighted by Crippen LogP contribution is -2.41. The predicted octanol–water partition coefficient (Wildman–Crippen LogP) is 6.16. The summed E-state index contributed by atoms with van der Waals surface area (Å²) in [4.78, 5) is 18.6. The van der Waals surface area contributed by atoms with Gasteiger partial charge in [0.05, 0.1) is 30.7 Å². The fourth-order valence-electron chi connectivity index (χ4n) is 5.30. The Labute approximate surface area is 247 Å². The Hall–Kier alpha value is -4.10. The highest BCUT2D eigenvalue weighted by Gasteiger charge is 2.26. The number of ether oxygens (including phenoxy) is 3. The van der Waals surface area contributed by atoms with Crippen molar-refractivity contribution >= 4 is 17.6 Å². The third-order valence-electron chi connectivity index (χ3n) is 7.59. The number of pyridine rings is 1. The van der Waals surface area contributed by atoms with Crippen molar-refractivity contribution in [1.82, 2.24) is 19.7 Å². The van der Waals surface area contributed by atoms with Gasteiger partial charge in [-0.05, 0) is 81.3 Å². The number of nitrogens with one attached hydrogen (secondary N) is 1. The molecule has 10 nitrogen and oxygen atoms in total. The van der Waals surface area contributed by atoms with Crippen molar-refractivity contribution in [1.29, 1.82) is 5.26 Å². The second-order valence-electron chi connectivity index (χ2n) is 12.0. The lowest BCUT2D eigenvalue weighted by atomic mass is 9.94. The Kier molecular flexibility index (Phi) is 9.28. The minimum atomic E-state index is -0.469. The van der Waals surface area contributed by atoms with Crippen LogP contribution < -0.4 is 10.1 Å². The number of amides is 1. The first-order chi connectivity index (χ1) is 20.3. The fraction of sp³-hybridized carbons (Fsp3) is 0.500. The lowest BCUT2D eigenvalue weighted by molar-refractivity contribution is 0.0179. The first-order valence-electron chi connectivity index (χ1n) is 14.8. The Morgan fingerprint density at radius 3 is 2.62 bits per heavy atom. The highest BCUT2D eigenvalue weighted by molar-refractivity contribution is 5.71. The normalized spacial score (nSPS) is 16.6. The zero-order valence-electron chi connectivity index (χ0n) is 24.7. The number of rotatable bonds is 8. The second kappa shape index (κ2) is 13.3. The third-order valence-corrected chi connectivity index (χ3v) is 7.59. The van der Waals surface area contributed by atoms with E-state index in [2.05, 4.69) is 21.5 Å². The number of benzene rings is 1. The van der Waals surface area contributed by atoms with Crippen LogP contribution in [0.15, 0.2) is 48.9 Å². The Bertz CT molecular complexity index is 1390. The van der Waals surface area contributed by atoms with Gasteiger partial charge in [0.15, 0.2) is 0 Å². The smallest absolute Gasteiger partial charge is 0.410 e. The van der Waals surface area contributed by atoms with Crippen LogP contribution in [0.2, 0.25) is 0 Å². The van der Waals surface area contributed by atoms with Crippen LogP contribution in [0.3, 0.4) is 0 Å². The molecule has 5 rings (SSSR count). The largest absolute Gasteiger partial charge is 0.489 e. The molecule has 10 heteroatoms. The lowest BCUT2D eigenvalue weighted by Gasteiger charge is -2.33. The van der Waals surface area contributed by atoms with Crippen LogP contribution in [0.1, 0.15) is 58.4 Å². The molecule has 42 heavy (non-hydrogen) atoms. The van der Waals surface area contributed by atoms with Gasteiger partial charge in [0.2, 0.25) is 0 Å². The van der Waals surface area contributed by atoms with Crippen molar-refractivity contribution in [2.75, 3.05) is 31.6 Å². The zero-order chi connectivity index (χ0) is 29.5. The number of carbonyl (C=O) groups excluding carboxylic acids is 1. The van der Waals surface area contributed by atoms with Crippen molar-refractivity contribution < 1.29 is 19.0 Å². The van der Waals surface area contributed by atoms with Gasteiger partial charge < -0.3 is 24.4 Å². The molecule has 2 aromatic heterocycles. The van der Waals surface area contributed by atoms with Gasteiger partial charge in [0.1, 0.15) is 29.3 Å². The van der Waals surface area contributed by atoms with E-state index in [1.54, 1.807) is 12.4 Å².